The molecule has 3 unspecified atom stereocenters. The van der Waals surface area contributed by atoms with E-state index >= 15 is 4.39 Å². The number of alkyl halides is 1. The number of hydrogen-bond acceptors (Lipinski definition) is 13. The smallest absolute Gasteiger partial charge is 0.463 e. The first-order valence-corrected chi connectivity index (χ1v) is 14.2. The summed E-state index contributed by atoms with van der Waals surface area (Å²) in [6, 6.07) is 0. The summed E-state index contributed by atoms with van der Waals surface area (Å²) in [5.41, 5.74) is 7.92. The van der Waals surface area contributed by atoms with Gasteiger partial charge in [0, 0.05) is 5.92 Å². The Balaban J connectivity index is 1.46. The summed E-state index contributed by atoms with van der Waals surface area (Å²) in [5, 5.41) is 0. The molecule has 3 aliphatic rings. The highest BCUT2D eigenvalue weighted by Gasteiger charge is 2.52. The molecule has 2 fully saturated rings. The largest absolute Gasteiger partial charge is 0.474 e. The van der Waals surface area contributed by atoms with Gasteiger partial charge < -0.3 is 19.9 Å². The van der Waals surface area contributed by atoms with Gasteiger partial charge in [0.1, 0.15) is 6.10 Å². The van der Waals surface area contributed by atoms with Gasteiger partial charge >= 0.3 is 19.8 Å². The molecule has 0 aromatic carbocycles. The van der Waals surface area contributed by atoms with Gasteiger partial charge in [-0.25, -0.2) is 8.96 Å². The number of nitrogens with two attached hydrogens (primary N) is 1. The molecular weight excluding hydrogens is 554 g/mol. The maximum absolute atomic E-state index is 15.9. The molecule has 0 spiro atoms. The number of ether oxygens (including phenoxy) is 3. The number of carbonyl (C=O) groups excluding carboxylic acids is 2. The number of aromatic nitrogens is 2. The van der Waals surface area contributed by atoms with Gasteiger partial charge in [-0.05, 0) is 19.9 Å². The number of anilines is 2. The first kappa shape index (κ1) is 29.9. The fourth-order valence-electron chi connectivity index (χ4n) is 4.12. The Bertz CT molecular complexity index is 1280. The number of H-pyrrole nitrogens is 1. The molecule has 2 saturated heterocycles. The third-order valence-corrected chi connectivity index (χ3v) is 7.46. The van der Waals surface area contributed by atoms with Crippen molar-refractivity contribution in [1.82, 2.24) is 9.97 Å². The van der Waals surface area contributed by atoms with E-state index in [1.807, 2.05) is 0 Å². The third-order valence-electron chi connectivity index (χ3n) is 6.06. The van der Waals surface area contributed by atoms with Gasteiger partial charge in [0.15, 0.2) is 24.3 Å². The highest BCUT2D eigenvalue weighted by molar-refractivity contribution is 7.48. The summed E-state index contributed by atoms with van der Waals surface area (Å²) in [7, 11) is -4.10. The summed E-state index contributed by atoms with van der Waals surface area (Å²) in [5.74, 6) is -2.30. The molecule has 0 bridgehead atoms. The number of phosphoric acid groups is 1. The number of aromatic amines is 1. The van der Waals surface area contributed by atoms with Crippen LogP contribution in [0.2, 0.25) is 0 Å². The zero-order chi connectivity index (χ0) is 29.2. The second-order valence-corrected chi connectivity index (χ2v) is 11.7. The van der Waals surface area contributed by atoms with E-state index in [-0.39, 0.29) is 43.1 Å². The molecule has 4 heterocycles. The van der Waals surface area contributed by atoms with E-state index < -0.39 is 68.4 Å². The lowest BCUT2D eigenvalue weighted by molar-refractivity contribution is -0.158. The molecule has 0 aliphatic carbocycles. The quantitative estimate of drug-likeness (QED) is 0.244. The highest BCUT2D eigenvalue weighted by Crippen LogP contribution is 2.53. The Morgan fingerprint density at radius 3 is 2.65 bits per heavy atom. The predicted molar refractivity (Wildman–Crippen MR) is 137 cm³/mol. The minimum atomic E-state index is -4.10. The van der Waals surface area contributed by atoms with Crippen LogP contribution in [0.15, 0.2) is 16.7 Å². The zero-order valence-corrected chi connectivity index (χ0v) is 23.3. The number of carbonyl (C=O) groups is 2. The van der Waals surface area contributed by atoms with E-state index in [9.17, 15) is 18.9 Å². The van der Waals surface area contributed by atoms with Crippen LogP contribution >= 0.6 is 7.82 Å². The molecule has 0 radical (unpaired) electrons. The number of nitrogens with one attached hydrogen (secondary N) is 1. The van der Waals surface area contributed by atoms with E-state index in [2.05, 4.69) is 15.7 Å². The van der Waals surface area contributed by atoms with Crippen molar-refractivity contribution in [3.05, 3.63) is 27.8 Å². The Kier molecular flexibility index (Phi) is 9.13. The minimum absolute atomic E-state index is 0.00299. The van der Waals surface area contributed by atoms with Crippen molar-refractivity contribution in [3.8, 4) is 0 Å². The maximum Gasteiger partial charge on any atom is 0.474 e. The molecule has 220 valence electrons. The molecule has 1 aromatic rings. The van der Waals surface area contributed by atoms with E-state index in [1.54, 1.807) is 27.7 Å². The molecule has 0 saturated carbocycles. The van der Waals surface area contributed by atoms with Crippen LogP contribution in [0.5, 0.6) is 0 Å². The minimum Gasteiger partial charge on any atom is -0.463 e. The highest BCUT2D eigenvalue weighted by atomic mass is 31.2. The molecule has 4 atom stereocenters. The summed E-state index contributed by atoms with van der Waals surface area (Å²) >= 11 is 0. The summed E-state index contributed by atoms with van der Waals surface area (Å²) in [6.45, 7) is 5.88. The van der Waals surface area contributed by atoms with Gasteiger partial charge in [-0.15, -0.1) is 5.73 Å². The second kappa shape index (κ2) is 12.2. The topological polar surface area (TPSA) is 182 Å². The fraction of sp³-hybridized carbons (Fsp3) is 0.625. The fourth-order valence-corrected chi connectivity index (χ4v) is 5.46. The molecule has 0 amide bonds. The van der Waals surface area contributed by atoms with Gasteiger partial charge in [-0.1, -0.05) is 13.8 Å². The van der Waals surface area contributed by atoms with Crippen LogP contribution in [-0.4, -0.2) is 72.4 Å². The van der Waals surface area contributed by atoms with Crippen LogP contribution in [0.25, 0.3) is 6.08 Å². The first-order valence-electron chi connectivity index (χ1n) is 12.7. The van der Waals surface area contributed by atoms with Gasteiger partial charge in [-0.2, -0.15) is 4.98 Å². The Hall–Kier alpha value is -3.06. The molecule has 4 rings (SSSR count). The Labute approximate surface area is 229 Å². The van der Waals surface area contributed by atoms with Gasteiger partial charge in [-0.3, -0.25) is 37.8 Å². The average Bonchev–Trinajstić information content (AvgIpc) is 3.18. The maximum atomic E-state index is 15.9. The van der Waals surface area contributed by atoms with Gasteiger partial charge in [0.2, 0.25) is 5.95 Å². The summed E-state index contributed by atoms with van der Waals surface area (Å²) in [4.78, 5) is 44.2. The third kappa shape index (κ3) is 6.80. The lowest BCUT2D eigenvalue weighted by Crippen LogP contribution is -2.42. The standard InChI is InChI=1S/C24H32FN4O10P/c1-12(2)23(32)39-19-16(11-36-40(33)34-9-14(10-35-40)8-17(30)37-13(3)4)38-22(18(19)25)29-7-5-6-15-20(29)27-24(26)28-21(15)31/h6-7,12-14,16,18-19,22H,8-11H2,1-4H3,(H3,26,27,28,31)/t14?,16?,18?,19-,22?,40?/m1/s1. The van der Waals surface area contributed by atoms with Crippen molar-refractivity contribution >= 4 is 37.6 Å². The van der Waals surface area contributed by atoms with Gasteiger partial charge in [0.25, 0.3) is 5.56 Å². The number of rotatable bonds is 9. The molecule has 16 heteroatoms. The van der Waals surface area contributed by atoms with Crippen molar-refractivity contribution in [3.63, 3.8) is 0 Å². The lowest BCUT2D eigenvalue weighted by Gasteiger charge is -2.29. The summed E-state index contributed by atoms with van der Waals surface area (Å²) in [6.07, 6.45) is -3.71. The van der Waals surface area contributed by atoms with Crippen LogP contribution in [0.3, 0.4) is 0 Å². The molecular formula is C24H32FN4O10P. The number of nitrogens with zero attached hydrogens (tertiary/aromatic N) is 2. The van der Waals surface area contributed by atoms with Crippen molar-refractivity contribution in [2.75, 3.05) is 30.5 Å². The van der Waals surface area contributed by atoms with Crippen molar-refractivity contribution in [1.29, 1.82) is 0 Å². The van der Waals surface area contributed by atoms with E-state index in [0.29, 0.717) is 0 Å². The molecule has 3 N–H and O–H groups in total. The lowest BCUT2D eigenvalue weighted by atomic mass is 10.1. The number of phosphoric ester groups is 1. The Morgan fingerprint density at radius 2 is 2.00 bits per heavy atom. The number of nitrogen functional groups attached to an aromatic ring is 1. The summed E-state index contributed by atoms with van der Waals surface area (Å²) < 4.78 is 61.2. The van der Waals surface area contributed by atoms with Crippen molar-refractivity contribution < 1.29 is 46.3 Å². The van der Waals surface area contributed by atoms with Crippen molar-refractivity contribution in [2.45, 2.75) is 64.8 Å². The van der Waals surface area contributed by atoms with Crippen LogP contribution in [0, 0.1) is 11.8 Å². The van der Waals surface area contributed by atoms with E-state index in [0.717, 1.165) is 0 Å². The van der Waals surface area contributed by atoms with Crippen molar-refractivity contribution in [2.24, 2.45) is 11.8 Å². The number of esters is 2. The van der Waals surface area contributed by atoms with Crippen LogP contribution in [0.1, 0.15) is 39.7 Å². The molecule has 14 nitrogen and oxygen atoms in total. The van der Waals surface area contributed by atoms with Crippen LogP contribution in [-0.2, 0) is 41.9 Å². The monoisotopic (exact) mass is 586 g/mol. The zero-order valence-electron chi connectivity index (χ0n) is 22.4. The number of hydrogen-bond donors (Lipinski definition) is 2. The van der Waals surface area contributed by atoms with Crippen LogP contribution < -0.4 is 16.2 Å². The Morgan fingerprint density at radius 1 is 1.30 bits per heavy atom. The molecule has 40 heavy (non-hydrogen) atoms. The predicted octanol–water partition coefficient (Wildman–Crippen LogP) is 2.06. The molecule has 3 aliphatic heterocycles. The van der Waals surface area contributed by atoms with E-state index in [1.165, 1.54) is 17.2 Å². The molecule has 1 aromatic heterocycles. The average molecular weight is 587 g/mol. The van der Waals surface area contributed by atoms with Crippen LogP contribution in [0.4, 0.5) is 16.2 Å². The SMILES string of the molecule is CC(C)OC(=O)CC1COP(=O)(OCC2OC(N3C=C=Cc4c3nc(N)[nH]c4=O)C(F)[C@@H]2OC(=O)C(C)C)OC1. The van der Waals surface area contributed by atoms with E-state index in [4.69, 9.17) is 33.5 Å². The first-order chi connectivity index (χ1) is 18.9. The normalized spacial score (nSPS) is 29.6. The number of fused-ring (bicyclic) bond motifs is 1. The second-order valence-electron chi connectivity index (χ2n) is 10.0. The number of halogens is 1. The van der Waals surface area contributed by atoms with Gasteiger partial charge in [0.05, 0.1) is 50.0 Å².